The van der Waals surface area contributed by atoms with Crippen LogP contribution in [0.1, 0.15) is 12.5 Å². The average Bonchev–Trinajstić information content (AvgIpc) is 2.90. The van der Waals surface area contributed by atoms with Crippen molar-refractivity contribution in [3.05, 3.63) is 59.4 Å². The van der Waals surface area contributed by atoms with Crippen molar-refractivity contribution in [3.8, 4) is 0 Å². The van der Waals surface area contributed by atoms with Gasteiger partial charge >= 0.3 is 0 Å². The number of aromatic nitrogens is 2. The summed E-state index contributed by atoms with van der Waals surface area (Å²) < 4.78 is 1.86. The molecule has 0 unspecified atom stereocenters. The molecule has 0 bridgehead atoms. The summed E-state index contributed by atoms with van der Waals surface area (Å²) in [5.41, 5.74) is 3.91. The van der Waals surface area contributed by atoms with Crippen molar-refractivity contribution >= 4 is 11.6 Å². The lowest BCUT2D eigenvalue weighted by Gasteiger charge is -2.21. The maximum atomic E-state index is 12.2. The Hall–Kier alpha value is -2.40. The van der Waals surface area contributed by atoms with Crippen LogP contribution in [0.4, 0.5) is 5.69 Å². The number of hydrogen-bond acceptors (Lipinski definition) is 3. The summed E-state index contributed by atoms with van der Waals surface area (Å²) in [5.74, 6) is -0.0252. The minimum atomic E-state index is -0.0252. The third-order valence-corrected chi connectivity index (χ3v) is 3.64. The lowest BCUT2D eigenvalue weighted by molar-refractivity contribution is -0.112. The van der Waals surface area contributed by atoms with Gasteiger partial charge in [0.25, 0.3) is 5.91 Å². The van der Waals surface area contributed by atoms with E-state index in [1.165, 1.54) is 5.57 Å². The first-order valence-corrected chi connectivity index (χ1v) is 6.99. The van der Waals surface area contributed by atoms with Crippen LogP contribution in [0.3, 0.4) is 0 Å². The number of carbonyl (C=O) groups excluding carboxylic acids is 1. The van der Waals surface area contributed by atoms with Crippen molar-refractivity contribution in [1.29, 1.82) is 0 Å². The fraction of sp³-hybridized carbons (Fsp3) is 0.250. The van der Waals surface area contributed by atoms with Crippen LogP contribution < -0.4 is 10.6 Å². The van der Waals surface area contributed by atoms with E-state index in [4.69, 9.17) is 0 Å². The van der Waals surface area contributed by atoms with E-state index in [9.17, 15) is 4.79 Å². The molecule has 1 aromatic carbocycles. The second kappa shape index (κ2) is 5.93. The van der Waals surface area contributed by atoms with Gasteiger partial charge in [-0.15, -0.1) is 0 Å². The van der Waals surface area contributed by atoms with Gasteiger partial charge in [0.1, 0.15) is 0 Å². The first kappa shape index (κ1) is 13.6. The number of amides is 1. The van der Waals surface area contributed by atoms with Crippen LogP contribution in [-0.4, -0.2) is 28.8 Å². The van der Waals surface area contributed by atoms with Gasteiger partial charge in [0.15, 0.2) is 0 Å². The van der Waals surface area contributed by atoms with E-state index in [-0.39, 0.29) is 5.91 Å². The van der Waals surface area contributed by atoms with Crippen molar-refractivity contribution in [2.75, 3.05) is 18.4 Å². The zero-order valence-electron chi connectivity index (χ0n) is 12.0. The van der Waals surface area contributed by atoms with Crippen LogP contribution in [0, 0.1) is 0 Å². The number of anilines is 1. The van der Waals surface area contributed by atoms with Crippen LogP contribution in [0.25, 0.3) is 0 Å². The highest BCUT2D eigenvalue weighted by atomic mass is 16.1. The van der Waals surface area contributed by atoms with E-state index in [1.807, 2.05) is 48.1 Å². The second-order valence-electron chi connectivity index (χ2n) is 5.19. The fourth-order valence-corrected chi connectivity index (χ4v) is 2.23. The van der Waals surface area contributed by atoms with Crippen LogP contribution in [-0.2, 0) is 11.3 Å². The molecular weight excluding hydrogens is 264 g/mol. The summed E-state index contributed by atoms with van der Waals surface area (Å²) in [6.07, 6.45) is 3.68. The molecule has 1 aliphatic heterocycles. The van der Waals surface area contributed by atoms with Crippen molar-refractivity contribution in [2.45, 2.75) is 13.5 Å². The van der Waals surface area contributed by atoms with E-state index >= 15 is 0 Å². The molecule has 1 amide bonds. The first-order valence-electron chi connectivity index (χ1n) is 6.99. The molecule has 2 aromatic rings. The molecule has 0 atom stereocenters. The highest BCUT2D eigenvalue weighted by Crippen LogP contribution is 2.15. The second-order valence-corrected chi connectivity index (χ2v) is 5.19. The zero-order valence-corrected chi connectivity index (χ0v) is 12.0. The first-order chi connectivity index (χ1) is 10.2. The quantitative estimate of drug-likeness (QED) is 0.841. The summed E-state index contributed by atoms with van der Waals surface area (Å²) >= 11 is 0. The van der Waals surface area contributed by atoms with E-state index in [1.54, 1.807) is 6.20 Å². The normalized spacial score (nSPS) is 13.7. The molecule has 5 heteroatoms. The van der Waals surface area contributed by atoms with Crippen LogP contribution in [0.15, 0.2) is 53.9 Å². The summed E-state index contributed by atoms with van der Waals surface area (Å²) in [5, 5.41) is 10.3. The average molecular weight is 282 g/mol. The molecule has 1 aliphatic rings. The van der Waals surface area contributed by atoms with E-state index in [2.05, 4.69) is 15.7 Å². The lowest BCUT2D eigenvalue weighted by atomic mass is 10.0. The Balaban J connectivity index is 1.70. The molecule has 0 radical (unpaired) electrons. The Morgan fingerprint density at radius 3 is 2.90 bits per heavy atom. The lowest BCUT2D eigenvalue weighted by Crippen LogP contribution is -2.36. The van der Waals surface area contributed by atoms with Gasteiger partial charge in [-0.3, -0.25) is 9.48 Å². The Labute approximate surface area is 123 Å². The molecule has 3 rings (SSSR count). The highest BCUT2D eigenvalue weighted by molar-refractivity contribution is 6.04. The SMILES string of the molecule is CC(C(=O)Nc1cccc(Cn2cccn2)c1)=C1CNC1. The van der Waals surface area contributed by atoms with E-state index < -0.39 is 0 Å². The molecule has 0 saturated carbocycles. The smallest absolute Gasteiger partial charge is 0.251 e. The maximum absolute atomic E-state index is 12.2. The monoisotopic (exact) mass is 282 g/mol. The summed E-state index contributed by atoms with van der Waals surface area (Å²) in [4.78, 5) is 12.2. The highest BCUT2D eigenvalue weighted by Gasteiger charge is 2.16. The third-order valence-electron chi connectivity index (χ3n) is 3.64. The summed E-state index contributed by atoms with van der Waals surface area (Å²) in [6.45, 7) is 4.21. The Kier molecular flexibility index (Phi) is 3.83. The predicted molar refractivity (Wildman–Crippen MR) is 82.0 cm³/mol. The topological polar surface area (TPSA) is 59.0 Å². The molecule has 1 saturated heterocycles. The van der Waals surface area contributed by atoms with Gasteiger partial charge in [0.05, 0.1) is 6.54 Å². The van der Waals surface area contributed by atoms with Crippen molar-refractivity contribution in [3.63, 3.8) is 0 Å². The number of carbonyl (C=O) groups is 1. The van der Waals surface area contributed by atoms with Crippen LogP contribution in [0.5, 0.6) is 0 Å². The minimum absolute atomic E-state index is 0.0252. The van der Waals surface area contributed by atoms with Crippen LogP contribution in [0.2, 0.25) is 0 Å². The summed E-state index contributed by atoms with van der Waals surface area (Å²) in [7, 11) is 0. The molecule has 0 aliphatic carbocycles. The predicted octanol–water partition coefficient (Wildman–Crippen LogP) is 1.79. The maximum Gasteiger partial charge on any atom is 0.251 e. The van der Waals surface area contributed by atoms with Crippen molar-refractivity contribution in [2.24, 2.45) is 0 Å². The van der Waals surface area contributed by atoms with Gasteiger partial charge in [-0.25, -0.2) is 0 Å². The molecule has 1 aromatic heterocycles. The molecular formula is C16H18N4O. The Morgan fingerprint density at radius 1 is 1.38 bits per heavy atom. The third kappa shape index (κ3) is 3.20. The molecule has 0 spiro atoms. The van der Waals surface area contributed by atoms with Crippen molar-refractivity contribution < 1.29 is 4.79 Å². The van der Waals surface area contributed by atoms with Gasteiger partial charge in [0.2, 0.25) is 0 Å². The molecule has 5 nitrogen and oxygen atoms in total. The number of nitrogens with zero attached hydrogens (tertiary/aromatic N) is 2. The van der Waals surface area contributed by atoms with E-state index in [0.29, 0.717) is 6.54 Å². The minimum Gasteiger partial charge on any atom is -0.322 e. The largest absolute Gasteiger partial charge is 0.322 e. The molecule has 2 N–H and O–H groups in total. The molecule has 21 heavy (non-hydrogen) atoms. The number of rotatable bonds is 4. The van der Waals surface area contributed by atoms with Gasteiger partial charge in [-0.05, 0) is 36.3 Å². The molecule has 108 valence electrons. The Morgan fingerprint density at radius 2 is 2.24 bits per heavy atom. The van der Waals surface area contributed by atoms with Crippen molar-refractivity contribution in [1.82, 2.24) is 15.1 Å². The van der Waals surface area contributed by atoms with Gasteiger partial charge < -0.3 is 10.6 Å². The number of benzene rings is 1. The number of hydrogen-bond donors (Lipinski definition) is 2. The zero-order chi connectivity index (χ0) is 14.7. The summed E-state index contributed by atoms with van der Waals surface area (Å²) in [6, 6.07) is 9.76. The van der Waals surface area contributed by atoms with Gasteiger partial charge in [0, 0.05) is 36.7 Å². The van der Waals surface area contributed by atoms with Gasteiger partial charge in [-0.1, -0.05) is 12.1 Å². The molecule has 2 heterocycles. The standard InChI is InChI=1S/C16H18N4O/c1-12(14-9-17-10-14)16(21)19-15-5-2-4-13(8-15)11-20-7-3-6-18-20/h2-8,17H,9-11H2,1H3,(H,19,21). The fourth-order valence-electron chi connectivity index (χ4n) is 2.23. The van der Waals surface area contributed by atoms with Gasteiger partial charge in [-0.2, -0.15) is 5.10 Å². The Bertz CT molecular complexity index is 667. The van der Waals surface area contributed by atoms with E-state index in [0.717, 1.165) is 29.9 Å². The van der Waals surface area contributed by atoms with Crippen LogP contribution >= 0.6 is 0 Å². The molecule has 1 fully saturated rings. The number of nitrogens with one attached hydrogen (secondary N) is 2.